The minimum atomic E-state index is -1.06. The van der Waals surface area contributed by atoms with Crippen molar-refractivity contribution in [2.24, 2.45) is 0 Å². The van der Waals surface area contributed by atoms with Crippen LogP contribution in [0.25, 0.3) is 0 Å². The second kappa shape index (κ2) is 7.04. The number of carboxylic acids is 1. The Balaban J connectivity index is 0.000000956. The van der Waals surface area contributed by atoms with Crippen molar-refractivity contribution in [3.63, 3.8) is 0 Å². The van der Waals surface area contributed by atoms with Gasteiger partial charge in [-0.15, -0.1) is 0 Å². The van der Waals surface area contributed by atoms with Gasteiger partial charge in [0.25, 0.3) is 0 Å². The Labute approximate surface area is 116 Å². The number of nitrogen functional groups attached to an aromatic ring is 1. The fourth-order valence-electron chi connectivity index (χ4n) is 1.82. The van der Waals surface area contributed by atoms with Crippen molar-refractivity contribution in [1.29, 1.82) is 5.41 Å². The number of carboxylic acid groups (broad SMARTS) is 1. The van der Waals surface area contributed by atoms with Crippen LogP contribution in [0.5, 0.6) is 0 Å². The lowest BCUT2D eigenvalue weighted by atomic mass is 10.0. The molecule has 2 aromatic carbocycles. The first-order chi connectivity index (χ1) is 9.58. The number of nitrogens with two attached hydrogens (primary N) is 1. The molecule has 0 bridgehead atoms. The van der Waals surface area contributed by atoms with Gasteiger partial charge in [0.2, 0.25) is 0 Å². The van der Waals surface area contributed by atoms with E-state index >= 15 is 0 Å². The zero-order chi connectivity index (χ0) is 15.1. The van der Waals surface area contributed by atoms with Crippen LogP contribution in [0.15, 0.2) is 42.5 Å². The van der Waals surface area contributed by atoms with E-state index in [1.54, 1.807) is 24.3 Å². The lowest BCUT2D eigenvalue weighted by Gasteiger charge is -2.08. The molecule has 0 unspecified atom stereocenters. The Morgan fingerprint density at radius 2 is 1.90 bits per heavy atom. The molecule has 5 heteroatoms. The average Bonchev–Trinajstić information content (AvgIpc) is 2.43. The van der Waals surface area contributed by atoms with E-state index in [2.05, 4.69) is 6.72 Å². The summed E-state index contributed by atoms with van der Waals surface area (Å²) in [5, 5.41) is 14.5. The molecule has 0 atom stereocenters. The third-order valence-electron chi connectivity index (χ3n) is 2.71. The summed E-state index contributed by atoms with van der Waals surface area (Å²) in [5.41, 5.74) is 7.53. The summed E-state index contributed by atoms with van der Waals surface area (Å²) in [7, 11) is 0. The van der Waals surface area contributed by atoms with Gasteiger partial charge in [-0.2, -0.15) is 0 Å². The molecule has 4 nitrogen and oxygen atoms in total. The third-order valence-corrected chi connectivity index (χ3v) is 2.71. The molecular weight excluding hydrogens is 259 g/mol. The molecule has 0 aliphatic carbocycles. The zero-order valence-electron chi connectivity index (χ0n) is 10.8. The number of nitrogens with one attached hydrogen (secondary N) is 1. The molecule has 2 aromatic rings. The number of anilines is 1. The van der Waals surface area contributed by atoms with E-state index in [1.807, 2.05) is 0 Å². The van der Waals surface area contributed by atoms with Crippen LogP contribution in [-0.2, 0) is 6.42 Å². The van der Waals surface area contributed by atoms with E-state index in [9.17, 15) is 9.18 Å². The van der Waals surface area contributed by atoms with E-state index in [1.165, 1.54) is 18.2 Å². The van der Waals surface area contributed by atoms with E-state index in [-0.39, 0.29) is 17.1 Å². The summed E-state index contributed by atoms with van der Waals surface area (Å²) in [4.78, 5) is 10.9. The number of para-hydroxylation sites is 1. The van der Waals surface area contributed by atoms with Crippen molar-refractivity contribution in [1.82, 2.24) is 0 Å². The number of carbonyl (C=O) groups is 1. The van der Waals surface area contributed by atoms with Crippen molar-refractivity contribution >= 4 is 18.4 Å². The highest BCUT2D eigenvalue weighted by molar-refractivity contribution is 5.94. The molecule has 0 radical (unpaired) electrons. The second-order valence-corrected chi connectivity index (χ2v) is 3.99. The molecule has 0 aliphatic heterocycles. The fraction of sp³-hybridized carbons (Fsp3) is 0.0667. The molecule has 0 saturated heterocycles. The standard InChI is InChI=1S/C14H12FNO2.CH3N/c15-11-5-1-3-9(8-11)7-10-4-2-6-12(13(10)16)14(17)18;1-2/h1-6,8H,7,16H2,(H,17,18);2H,1H2. The largest absolute Gasteiger partial charge is 0.478 e. The average molecular weight is 274 g/mol. The zero-order valence-corrected chi connectivity index (χ0v) is 10.8. The Hall–Kier alpha value is -2.69. The van der Waals surface area contributed by atoms with Gasteiger partial charge in [-0.3, -0.25) is 0 Å². The maximum atomic E-state index is 13.1. The summed E-state index contributed by atoms with van der Waals surface area (Å²) in [6.45, 7) is 2.50. The third kappa shape index (κ3) is 3.65. The van der Waals surface area contributed by atoms with Crippen LogP contribution in [0.4, 0.5) is 10.1 Å². The Kier molecular flexibility index (Phi) is 5.41. The van der Waals surface area contributed by atoms with Gasteiger partial charge in [-0.05, 0) is 42.5 Å². The summed E-state index contributed by atoms with van der Waals surface area (Å²) < 4.78 is 13.1. The summed E-state index contributed by atoms with van der Waals surface area (Å²) in [6, 6.07) is 11.0. The highest BCUT2D eigenvalue weighted by Gasteiger charge is 2.11. The quantitative estimate of drug-likeness (QED) is 0.594. The maximum Gasteiger partial charge on any atom is 0.337 e. The van der Waals surface area contributed by atoms with Gasteiger partial charge in [0, 0.05) is 5.69 Å². The lowest BCUT2D eigenvalue weighted by Crippen LogP contribution is -2.05. The van der Waals surface area contributed by atoms with Gasteiger partial charge >= 0.3 is 5.97 Å². The van der Waals surface area contributed by atoms with Crippen LogP contribution in [0, 0.1) is 11.2 Å². The van der Waals surface area contributed by atoms with Crippen LogP contribution in [0.3, 0.4) is 0 Å². The molecule has 0 heterocycles. The number of benzene rings is 2. The molecule has 0 amide bonds. The van der Waals surface area contributed by atoms with Gasteiger partial charge < -0.3 is 16.2 Å². The summed E-state index contributed by atoms with van der Waals surface area (Å²) in [6.07, 6.45) is 0.407. The summed E-state index contributed by atoms with van der Waals surface area (Å²) in [5.74, 6) is -1.38. The topological polar surface area (TPSA) is 87.2 Å². The molecular formula is C15H15FN2O2. The van der Waals surface area contributed by atoms with Crippen LogP contribution in [-0.4, -0.2) is 17.8 Å². The van der Waals surface area contributed by atoms with Crippen LogP contribution >= 0.6 is 0 Å². The molecule has 0 spiro atoms. The van der Waals surface area contributed by atoms with E-state index < -0.39 is 5.97 Å². The highest BCUT2D eigenvalue weighted by atomic mass is 19.1. The maximum absolute atomic E-state index is 13.1. The van der Waals surface area contributed by atoms with Gasteiger partial charge in [-0.1, -0.05) is 24.3 Å². The molecule has 0 aliphatic rings. The number of hydrogen-bond acceptors (Lipinski definition) is 3. The van der Waals surface area contributed by atoms with Gasteiger partial charge in [0.1, 0.15) is 5.82 Å². The second-order valence-electron chi connectivity index (χ2n) is 3.99. The van der Waals surface area contributed by atoms with Crippen molar-refractivity contribution < 1.29 is 14.3 Å². The van der Waals surface area contributed by atoms with Crippen molar-refractivity contribution in [2.75, 3.05) is 5.73 Å². The molecule has 20 heavy (non-hydrogen) atoms. The molecule has 0 aromatic heterocycles. The Bertz CT molecular complexity index is 615. The molecule has 104 valence electrons. The monoisotopic (exact) mass is 274 g/mol. The highest BCUT2D eigenvalue weighted by Crippen LogP contribution is 2.21. The molecule has 2 rings (SSSR count). The first-order valence-corrected chi connectivity index (χ1v) is 5.78. The predicted molar refractivity (Wildman–Crippen MR) is 76.9 cm³/mol. The smallest absolute Gasteiger partial charge is 0.337 e. The van der Waals surface area contributed by atoms with Crippen LogP contribution in [0.1, 0.15) is 21.5 Å². The van der Waals surface area contributed by atoms with E-state index in [4.69, 9.17) is 16.2 Å². The van der Waals surface area contributed by atoms with Crippen molar-refractivity contribution in [3.8, 4) is 0 Å². The molecule has 0 fully saturated rings. The van der Waals surface area contributed by atoms with E-state index in [0.717, 1.165) is 5.56 Å². The SMILES string of the molecule is C=N.Nc1c(Cc2cccc(F)c2)cccc1C(=O)O. The predicted octanol–water partition coefficient (Wildman–Crippen LogP) is 2.96. The van der Waals surface area contributed by atoms with Crippen molar-refractivity contribution in [2.45, 2.75) is 6.42 Å². The first kappa shape index (κ1) is 15.4. The van der Waals surface area contributed by atoms with Gasteiger partial charge in [0.05, 0.1) is 5.56 Å². The number of aromatic carboxylic acids is 1. The Morgan fingerprint density at radius 1 is 1.25 bits per heavy atom. The summed E-state index contributed by atoms with van der Waals surface area (Å²) >= 11 is 0. The van der Waals surface area contributed by atoms with Crippen LogP contribution < -0.4 is 5.73 Å². The Morgan fingerprint density at radius 3 is 2.50 bits per heavy atom. The number of hydrogen-bond donors (Lipinski definition) is 3. The molecule has 4 N–H and O–H groups in total. The van der Waals surface area contributed by atoms with Crippen LogP contribution in [0.2, 0.25) is 0 Å². The fourth-order valence-corrected chi connectivity index (χ4v) is 1.82. The van der Waals surface area contributed by atoms with Gasteiger partial charge in [-0.25, -0.2) is 9.18 Å². The minimum absolute atomic E-state index is 0.0731. The van der Waals surface area contributed by atoms with Crippen molar-refractivity contribution in [3.05, 3.63) is 65.0 Å². The normalized spacial score (nSPS) is 9.45. The number of rotatable bonds is 3. The minimum Gasteiger partial charge on any atom is -0.478 e. The lowest BCUT2D eigenvalue weighted by molar-refractivity contribution is 0.0698. The first-order valence-electron chi connectivity index (χ1n) is 5.78. The molecule has 0 saturated carbocycles. The number of halogens is 1. The van der Waals surface area contributed by atoms with E-state index in [0.29, 0.717) is 12.0 Å². The van der Waals surface area contributed by atoms with Gasteiger partial charge in [0.15, 0.2) is 0 Å².